The van der Waals surface area contributed by atoms with Crippen molar-refractivity contribution >= 4 is 23.1 Å². The molecule has 0 radical (unpaired) electrons. The first-order valence-electron chi connectivity index (χ1n) is 5.82. The summed E-state index contributed by atoms with van der Waals surface area (Å²) in [6.45, 7) is 5.23. The minimum absolute atomic E-state index is 0.447. The van der Waals surface area contributed by atoms with Gasteiger partial charge in [-0.3, -0.25) is 0 Å². The first-order chi connectivity index (χ1) is 7.86. The number of ether oxygens (including phenoxy) is 1. The van der Waals surface area contributed by atoms with E-state index in [1.165, 1.54) is 17.1 Å². The van der Waals surface area contributed by atoms with Crippen LogP contribution in [0.5, 0.6) is 0 Å². The normalized spacial score (nSPS) is 25.1. The summed E-state index contributed by atoms with van der Waals surface area (Å²) in [5, 5.41) is 6.32. The van der Waals surface area contributed by atoms with Crippen LogP contribution in [0.1, 0.15) is 18.2 Å². The number of hydrogen-bond acceptors (Lipinski definition) is 4. The van der Waals surface area contributed by atoms with Crippen molar-refractivity contribution in [3.8, 4) is 0 Å². The molecule has 2 atom stereocenters. The Kier molecular flexibility index (Phi) is 5.16. The van der Waals surface area contributed by atoms with Gasteiger partial charge in [0.15, 0.2) is 0 Å². The SMILES string of the molecule is CC1OCCC1SCCNCc1cccs1. The lowest BCUT2D eigenvalue weighted by atomic mass is 10.3. The van der Waals surface area contributed by atoms with Crippen molar-refractivity contribution in [1.29, 1.82) is 0 Å². The van der Waals surface area contributed by atoms with E-state index in [2.05, 4.69) is 29.8 Å². The fourth-order valence-electron chi connectivity index (χ4n) is 1.84. The lowest BCUT2D eigenvalue weighted by molar-refractivity contribution is 0.127. The third-order valence-corrected chi connectivity index (χ3v) is 5.16. The number of thioether (sulfide) groups is 1. The Hall–Kier alpha value is -0.0300. The van der Waals surface area contributed by atoms with Gasteiger partial charge in [0.25, 0.3) is 0 Å². The van der Waals surface area contributed by atoms with E-state index in [0.29, 0.717) is 11.4 Å². The van der Waals surface area contributed by atoms with Gasteiger partial charge in [-0.15, -0.1) is 11.3 Å². The third-order valence-electron chi connectivity index (χ3n) is 2.80. The molecule has 0 spiro atoms. The first kappa shape index (κ1) is 12.4. The molecule has 0 bridgehead atoms. The van der Waals surface area contributed by atoms with Crippen LogP contribution in [0.2, 0.25) is 0 Å². The quantitative estimate of drug-likeness (QED) is 0.792. The van der Waals surface area contributed by atoms with Gasteiger partial charge in [-0.05, 0) is 24.8 Å². The average Bonchev–Trinajstić information content (AvgIpc) is 2.90. The molecule has 16 heavy (non-hydrogen) atoms. The molecule has 1 saturated heterocycles. The second-order valence-electron chi connectivity index (χ2n) is 4.03. The maximum absolute atomic E-state index is 5.54. The molecule has 1 aliphatic rings. The topological polar surface area (TPSA) is 21.3 Å². The van der Waals surface area contributed by atoms with Crippen LogP contribution in [-0.4, -0.2) is 30.3 Å². The van der Waals surface area contributed by atoms with Crippen molar-refractivity contribution in [1.82, 2.24) is 5.32 Å². The summed E-state index contributed by atoms with van der Waals surface area (Å²) in [4.78, 5) is 1.42. The second kappa shape index (κ2) is 6.64. The van der Waals surface area contributed by atoms with Crippen molar-refractivity contribution in [3.05, 3.63) is 22.4 Å². The van der Waals surface area contributed by atoms with Gasteiger partial charge >= 0.3 is 0 Å². The van der Waals surface area contributed by atoms with E-state index in [1.807, 2.05) is 23.1 Å². The van der Waals surface area contributed by atoms with Gasteiger partial charge in [0.2, 0.25) is 0 Å². The Balaban J connectivity index is 1.52. The van der Waals surface area contributed by atoms with E-state index in [1.54, 1.807) is 0 Å². The van der Waals surface area contributed by atoms with E-state index in [-0.39, 0.29) is 0 Å². The molecule has 4 heteroatoms. The van der Waals surface area contributed by atoms with Crippen molar-refractivity contribution in [2.75, 3.05) is 18.9 Å². The number of thiophene rings is 1. The smallest absolute Gasteiger partial charge is 0.0666 e. The molecule has 0 aromatic carbocycles. The molecule has 1 aromatic heterocycles. The minimum Gasteiger partial charge on any atom is -0.377 e. The van der Waals surface area contributed by atoms with Crippen LogP contribution in [-0.2, 0) is 11.3 Å². The number of nitrogens with one attached hydrogen (secondary N) is 1. The van der Waals surface area contributed by atoms with Crippen LogP contribution in [0, 0.1) is 0 Å². The summed E-state index contributed by atoms with van der Waals surface area (Å²) in [5.41, 5.74) is 0. The summed E-state index contributed by atoms with van der Waals surface area (Å²) in [5.74, 6) is 1.18. The van der Waals surface area contributed by atoms with Crippen LogP contribution >= 0.6 is 23.1 Å². The predicted molar refractivity (Wildman–Crippen MR) is 72.3 cm³/mol. The van der Waals surface area contributed by atoms with Crippen LogP contribution in [0.4, 0.5) is 0 Å². The highest BCUT2D eigenvalue weighted by Gasteiger charge is 2.23. The van der Waals surface area contributed by atoms with Crippen LogP contribution in [0.25, 0.3) is 0 Å². The maximum Gasteiger partial charge on any atom is 0.0666 e. The summed E-state index contributed by atoms with van der Waals surface area (Å²) in [6, 6.07) is 4.28. The molecule has 90 valence electrons. The highest BCUT2D eigenvalue weighted by molar-refractivity contribution is 8.00. The Morgan fingerprint density at radius 2 is 2.56 bits per heavy atom. The molecule has 1 aliphatic heterocycles. The van der Waals surface area contributed by atoms with Crippen LogP contribution in [0.15, 0.2) is 17.5 Å². The third kappa shape index (κ3) is 3.77. The molecule has 2 unspecified atom stereocenters. The molecule has 1 fully saturated rings. The van der Waals surface area contributed by atoms with E-state index < -0.39 is 0 Å². The predicted octanol–water partition coefficient (Wildman–Crippen LogP) is 2.75. The highest BCUT2D eigenvalue weighted by Crippen LogP contribution is 2.25. The van der Waals surface area contributed by atoms with Gasteiger partial charge in [0, 0.05) is 35.6 Å². The molecule has 0 aliphatic carbocycles. The van der Waals surface area contributed by atoms with Crippen molar-refractivity contribution < 1.29 is 4.74 Å². The van der Waals surface area contributed by atoms with Gasteiger partial charge in [-0.25, -0.2) is 0 Å². The molecule has 1 aromatic rings. The zero-order valence-electron chi connectivity index (χ0n) is 9.65. The van der Waals surface area contributed by atoms with Crippen LogP contribution < -0.4 is 5.32 Å². The molecule has 2 nitrogen and oxygen atoms in total. The second-order valence-corrected chi connectivity index (χ2v) is 6.41. The van der Waals surface area contributed by atoms with E-state index in [4.69, 9.17) is 4.74 Å². The lowest BCUT2D eigenvalue weighted by Crippen LogP contribution is -2.19. The lowest BCUT2D eigenvalue weighted by Gasteiger charge is -2.13. The molecule has 2 heterocycles. The van der Waals surface area contributed by atoms with Crippen molar-refractivity contribution in [2.45, 2.75) is 31.2 Å². The molecule has 2 rings (SSSR count). The Bertz CT molecular complexity index is 289. The summed E-state index contributed by atoms with van der Waals surface area (Å²) in [6.07, 6.45) is 1.67. The van der Waals surface area contributed by atoms with E-state index >= 15 is 0 Å². The van der Waals surface area contributed by atoms with E-state index in [0.717, 1.165) is 19.7 Å². The molecule has 0 saturated carbocycles. The Morgan fingerprint density at radius 1 is 1.62 bits per heavy atom. The molecule has 1 N–H and O–H groups in total. The molecular formula is C12H19NOS2. The fraction of sp³-hybridized carbons (Fsp3) is 0.667. The molecule has 0 amide bonds. The van der Waals surface area contributed by atoms with Crippen molar-refractivity contribution in [3.63, 3.8) is 0 Å². The van der Waals surface area contributed by atoms with Gasteiger partial charge in [-0.2, -0.15) is 11.8 Å². The monoisotopic (exact) mass is 257 g/mol. The maximum atomic E-state index is 5.54. The van der Waals surface area contributed by atoms with Gasteiger partial charge < -0.3 is 10.1 Å². The fourth-order valence-corrected chi connectivity index (χ4v) is 3.69. The summed E-state index contributed by atoms with van der Waals surface area (Å²) in [7, 11) is 0. The Morgan fingerprint density at radius 3 is 3.25 bits per heavy atom. The van der Waals surface area contributed by atoms with E-state index in [9.17, 15) is 0 Å². The largest absolute Gasteiger partial charge is 0.377 e. The zero-order chi connectivity index (χ0) is 11.2. The summed E-state index contributed by atoms with van der Waals surface area (Å²) < 4.78 is 5.54. The van der Waals surface area contributed by atoms with Crippen LogP contribution in [0.3, 0.4) is 0 Å². The van der Waals surface area contributed by atoms with Gasteiger partial charge in [-0.1, -0.05) is 6.07 Å². The number of rotatable bonds is 6. The molecular weight excluding hydrogens is 238 g/mol. The summed E-state index contributed by atoms with van der Waals surface area (Å²) >= 11 is 3.86. The van der Waals surface area contributed by atoms with Gasteiger partial charge in [0.05, 0.1) is 6.10 Å². The number of hydrogen-bond donors (Lipinski definition) is 1. The van der Waals surface area contributed by atoms with Gasteiger partial charge in [0.1, 0.15) is 0 Å². The first-order valence-corrected chi connectivity index (χ1v) is 7.75. The zero-order valence-corrected chi connectivity index (χ0v) is 11.3. The highest BCUT2D eigenvalue weighted by atomic mass is 32.2. The standard InChI is InChI=1S/C12H19NOS2/c1-10-12(4-6-14-10)16-8-5-13-9-11-3-2-7-15-11/h2-3,7,10,12-13H,4-6,8-9H2,1H3. The average molecular weight is 257 g/mol. The van der Waals surface area contributed by atoms with Crippen molar-refractivity contribution in [2.24, 2.45) is 0 Å². The minimum atomic E-state index is 0.447. The Labute approximate surface area is 106 Å².